The van der Waals surface area contributed by atoms with E-state index >= 15 is 0 Å². The predicted octanol–water partition coefficient (Wildman–Crippen LogP) is 3.69. The number of furan rings is 1. The molecule has 27 heavy (non-hydrogen) atoms. The van der Waals surface area contributed by atoms with E-state index in [9.17, 15) is 4.79 Å². The summed E-state index contributed by atoms with van der Waals surface area (Å²) in [5.74, 6) is 2.68. The van der Waals surface area contributed by atoms with Crippen molar-refractivity contribution >= 4 is 29.4 Å². The van der Waals surface area contributed by atoms with E-state index in [-0.39, 0.29) is 5.91 Å². The van der Waals surface area contributed by atoms with Crippen LogP contribution in [0.4, 0.5) is 0 Å². The number of thioether (sulfide) groups is 2. The van der Waals surface area contributed by atoms with Crippen molar-refractivity contribution in [2.45, 2.75) is 23.9 Å². The van der Waals surface area contributed by atoms with Crippen LogP contribution in [-0.2, 0) is 11.8 Å². The summed E-state index contributed by atoms with van der Waals surface area (Å²) in [7, 11) is 1.89. The third-order valence-corrected chi connectivity index (χ3v) is 6.01. The van der Waals surface area contributed by atoms with Crippen molar-refractivity contribution in [2.75, 3.05) is 18.1 Å². The molecule has 0 fully saturated rings. The Bertz CT molecular complexity index is 903. The summed E-state index contributed by atoms with van der Waals surface area (Å²) in [5.41, 5.74) is 2.16. The second-order valence-corrected chi connectivity index (χ2v) is 8.17. The SMILES string of the molecule is Cc1ccc(SCCNC(=O)CSc2nnc(-c3ccoc3C)n2C)cc1. The largest absolute Gasteiger partial charge is 0.469 e. The number of amides is 1. The molecular formula is C19H22N4O2S2. The number of hydrogen-bond donors (Lipinski definition) is 1. The number of carbonyl (C=O) groups excluding carboxylic acids is 1. The number of nitrogens with zero attached hydrogens (tertiary/aromatic N) is 3. The van der Waals surface area contributed by atoms with Gasteiger partial charge in [0.1, 0.15) is 5.76 Å². The Labute approximate surface area is 167 Å². The smallest absolute Gasteiger partial charge is 0.230 e. The summed E-state index contributed by atoms with van der Waals surface area (Å²) in [6.45, 7) is 4.60. The third kappa shape index (κ3) is 5.17. The Morgan fingerprint density at radius 1 is 1.15 bits per heavy atom. The number of nitrogens with one attached hydrogen (secondary N) is 1. The molecule has 3 rings (SSSR count). The first-order valence-electron chi connectivity index (χ1n) is 8.57. The maximum absolute atomic E-state index is 12.1. The minimum Gasteiger partial charge on any atom is -0.469 e. The third-order valence-electron chi connectivity index (χ3n) is 3.98. The number of rotatable bonds is 8. The average Bonchev–Trinajstić information content (AvgIpc) is 3.23. The van der Waals surface area contributed by atoms with Gasteiger partial charge in [-0.1, -0.05) is 29.5 Å². The quantitative estimate of drug-likeness (QED) is 0.458. The first-order chi connectivity index (χ1) is 13.0. The molecule has 0 aliphatic carbocycles. The molecule has 8 heteroatoms. The van der Waals surface area contributed by atoms with Crippen LogP contribution in [0.2, 0.25) is 0 Å². The minimum absolute atomic E-state index is 0.00597. The molecule has 0 atom stereocenters. The molecular weight excluding hydrogens is 380 g/mol. The van der Waals surface area contributed by atoms with Crippen molar-refractivity contribution in [3.63, 3.8) is 0 Å². The lowest BCUT2D eigenvalue weighted by Crippen LogP contribution is -2.27. The van der Waals surface area contributed by atoms with Crippen LogP contribution in [0.5, 0.6) is 0 Å². The van der Waals surface area contributed by atoms with Crippen molar-refractivity contribution in [3.8, 4) is 11.4 Å². The van der Waals surface area contributed by atoms with Crippen LogP contribution in [0.3, 0.4) is 0 Å². The summed E-state index contributed by atoms with van der Waals surface area (Å²) in [4.78, 5) is 13.3. The molecule has 0 aliphatic heterocycles. The molecule has 0 saturated carbocycles. The van der Waals surface area contributed by atoms with E-state index in [0.717, 1.165) is 22.9 Å². The fourth-order valence-electron chi connectivity index (χ4n) is 2.47. The molecule has 1 N–H and O–H groups in total. The van der Waals surface area contributed by atoms with Crippen LogP contribution in [-0.4, -0.2) is 38.7 Å². The minimum atomic E-state index is -0.00597. The van der Waals surface area contributed by atoms with Gasteiger partial charge in [0, 0.05) is 24.2 Å². The van der Waals surface area contributed by atoms with Gasteiger partial charge < -0.3 is 14.3 Å². The summed E-state index contributed by atoms with van der Waals surface area (Å²) in [6, 6.07) is 10.3. The number of benzene rings is 1. The monoisotopic (exact) mass is 402 g/mol. The van der Waals surface area contributed by atoms with Crippen molar-refractivity contribution < 1.29 is 9.21 Å². The highest BCUT2D eigenvalue weighted by Crippen LogP contribution is 2.25. The van der Waals surface area contributed by atoms with E-state index in [1.807, 2.05) is 24.6 Å². The maximum atomic E-state index is 12.1. The van der Waals surface area contributed by atoms with Gasteiger partial charge in [-0.2, -0.15) is 0 Å². The highest BCUT2D eigenvalue weighted by molar-refractivity contribution is 7.99. The van der Waals surface area contributed by atoms with E-state index in [0.29, 0.717) is 17.5 Å². The fourth-order valence-corrected chi connectivity index (χ4v) is 3.98. The van der Waals surface area contributed by atoms with E-state index in [4.69, 9.17) is 4.42 Å². The van der Waals surface area contributed by atoms with Crippen molar-refractivity contribution in [2.24, 2.45) is 7.05 Å². The molecule has 0 bridgehead atoms. The van der Waals surface area contributed by atoms with Gasteiger partial charge in [0.25, 0.3) is 0 Å². The van der Waals surface area contributed by atoms with Crippen LogP contribution in [0.1, 0.15) is 11.3 Å². The molecule has 6 nitrogen and oxygen atoms in total. The standard InChI is InChI=1S/C19H22N4O2S2/c1-13-4-6-15(7-5-13)26-11-9-20-17(24)12-27-19-22-21-18(23(19)3)16-8-10-25-14(16)2/h4-8,10H,9,11-12H2,1-3H3,(H,20,24). The van der Waals surface area contributed by atoms with Gasteiger partial charge in [-0.05, 0) is 32.0 Å². The zero-order valence-corrected chi connectivity index (χ0v) is 17.2. The summed E-state index contributed by atoms with van der Waals surface area (Å²) in [6.07, 6.45) is 1.63. The maximum Gasteiger partial charge on any atom is 0.230 e. The van der Waals surface area contributed by atoms with E-state index in [1.54, 1.807) is 18.0 Å². The van der Waals surface area contributed by atoms with Crippen LogP contribution in [0.25, 0.3) is 11.4 Å². The molecule has 0 unspecified atom stereocenters. The van der Waals surface area contributed by atoms with Gasteiger partial charge in [0.15, 0.2) is 11.0 Å². The molecule has 2 aromatic heterocycles. The van der Waals surface area contributed by atoms with Crippen LogP contribution >= 0.6 is 23.5 Å². The number of carbonyl (C=O) groups is 1. The Morgan fingerprint density at radius 3 is 2.63 bits per heavy atom. The normalized spacial score (nSPS) is 10.9. The predicted molar refractivity (Wildman–Crippen MR) is 109 cm³/mol. The first kappa shape index (κ1) is 19.6. The van der Waals surface area contributed by atoms with E-state index < -0.39 is 0 Å². The van der Waals surface area contributed by atoms with Crippen LogP contribution in [0, 0.1) is 13.8 Å². The van der Waals surface area contributed by atoms with E-state index in [2.05, 4.69) is 46.7 Å². The van der Waals surface area contributed by atoms with Crippen molar-refractivity contribution in [1.82, 2.24) is 20.1 Å². The van der Waals surface area contributed by atoms with Gasteiger partial charge >= 0.3 is 0 Å². The fraction of sp³-hybridized carbons (Fsp3) is 0.316. The first-order valence-corrected chi connectivity index (χ1v) is 10.5. The van der Waals surface area contributed by atoms with Gasteiger partial charge in [-0.3, -0.25) is 4.79 Å². The lowest BCUT2D eigenvalue weighted by molar-refractivity contribution is -0.118. The topological polar surface area (TPSA) is 73.0 Å². The number of aryl methyl sites for hydroxylation is 2. The summed E-state index contributed by atoms with van der Waals surface area (Å²) < 4.78 is 7.20. The molecule has 1 amide bonds. The molecule has 0 radical (unpaired) electrons. The van der Waals surface area contributed by atoms with Crippen molar-refractivity contribution in [1.29, 1.82) is 0 Å². The van der Waals surface area contributed by atoms with E-state index in [1.165, 1.54) is 22.2 Å². The van der Waals surface area contributed by atoms with Gasteiger partial charge in [-0.15, -0.1) is 22.0 Å². The Balaban J connectivity index is 1.42. The summed E-state index contributed by atoms with van der Waals surface area (Å²) in [5, 5.41) is 12.0. The molecule has 142 valence electrons. The second kappa shape index (κ2) is 9.14. The Morgan fingerprint density at radius 2 is 1.93 bits per heavy atom. The lowest BCUT2D eigenvalue weighted by Gasteiger charge is -2.06. The highest BCUT2D eigenvalue weighted by Gasteiger charge is 2.15. The Kier molecular flexibility index (Phi) is 6.63. The lowest BCUT2D eigenvalue weighted by atomic mass is 10.2. The molecule has 1 aromatic carbocycles. The van der Waals surface area contributed by atoms with Gasteiger partial charge in [0.2, 0.25) is 5.91 Å². The molecule has 0 spiro atoms. The number of hydrogen-bond acceptors (Lipinski definition) is 6. The number of aromatic nitrogens is 3. The molecule has 2 heterocycles. The molecule has 3 aromatic rings. The zero-order chi connectivity index (χ0) is 19.2. The van der Waals surface area contributed by atoms with Crippen molar-refractivity contribution in [3.05, 3.63) is 47.9 Å². The zero-order valence-electron chi connectivity index (χ0n) is 15.6. The second-order valence-electron chi connectivity index (χ2n) is 6.06. The van der Waals surface area contributed by atoms with Gasteiger partial charge in [0.05, 0.1) is 17.6 Å². The molecule has 0 saturated heterocycles. The van der Waals surface area contributed by atoms with Crippen LogP contribution < -0.4 is 5.32 Å². The van der Waals surface area contributed by atoms with Crippen LogP contribution in [0.15, 0.2) is 51.1 Å². The Hall–Kier alpha value is -2.19. The summed E-state index contributed by atoms with van der Waals surface area (Å²) >= 11 is 3.11. The van der Waals surface area contributed by atoms with Gasteiger partial charge in [-0.25, -0.2) is 0 Å². The highest BCUT2D eigenvalue weighted by atomic mass is 32.2. The average molecular weight is 403 g/mol. The molecule has 0 aliphatic rings.